The number of hydrogen-bond acceptors (Lipinski definition) is 3. The highest BCUT2D eigenvalue weighted by atomic mass is 16.5. The molecule has 3 heteroatoms. The van der Waals surface area contributed by atoms with Gasteiger partial charge in [-0.2, -0.15) is 0 Å². The maximum absolute atomic E-state index is 12.2. The topological polar surface area (TPSA) is 43.4 Å². The normalized spacial score (nSPS) is 12.4. The molecule has 0 radical (unpaired) electrons. The Hall–Kier alpha value is -0.860. The number of ether oxygens (including phenoxy) is 1. The second-order valence-electron chi connectivity index (χ2n) is 11.8. The first-order valence-corrected chi connectivity index (χ1v) is 15.6. The molecule has 0 amide bonds. The Morgan fingerprint density at radius 3 is 1.26 bits per heavy atom. The highest BCUT2D eigenvalue weighted by Crippen LogP contribution is 2.17. The van der Waals surface area contributed by atoms with E-state index in [1.165, 1.54) is 109 Å². The third kappa shape index (κ3) is 27.6. The molecule has 0 heterocycles. The Bertz CT molecular complexity index is 458. The van der Waals surface area contributed by atoms with Crippen molar-refractivity contribution in [1.82, 2.24) is 0 Å². The van der Waals surface area contributed by atoms with Crippen LogP contribution in [0.5, 0.6) is 0 Å². The lowest BCUT2D eigenvalue weighted by Crippen LogP contribution is -2.18. The van der Waals surface area contributed by atoms with Crippen LogP contribution in [0.3, 0.4) is 0 Å². The van der Waals surface area contributed by atoms with E-state index < -0.39 is 0 Å². The average molecular weight is 495 g/mol. The first kappa shape index (κ1) is 34.1. The number of carbonyl (C=O) groups excluding carboxylic acids is 2. The molecule has 35 heavy (non-hydrogen) atoms. The van der Waals surface area contributed by atoms with Crippen molar-refractivity contribution in [3.05, 3.63) is 0 Å². The number of rotatable bonds is 27. The van der Waals surface area contributed by atoms with E-state index in [0.717, 1.165) is 43.8 Å². The van der Waals surface area contributed by atoms with Crippen LogP contribution in [0, 0.1) is 11.8 Å². The van der Waals surface area contributed by atoms with Gasteiger partial charge in [0.25, 0.3) is 0 Å². The molecule has 0 aromatic carbocycles. The van der Waals surface area contributed by atoms with Gasteiger partial charge >= 0.3 is 5.97 Å². The van der Waals surface area contributed by atoms with Gasteiger partial charge in [0.1, 0.15) is 12.4 Å². The minimum absolute atomic E-state index is 0.112. The quantitative estimate of drug-likeness (QED) is 0.0648. The van der Waals surface area contributed by atoms with E-state index >= 15 is 0 Å². The molecule has 0 aliphatic heterocycles. The molecule has 0 aliphatic carbocycles. The monoisotopic (exact) mass is 494 g/mol. The summed E-state index contributed by atoms with van der Waals surface area (Å²) in [6.07, 6.45) is 28.1. The van der Waals surface area contributed by atoms with E-state index in [9.17, 15) is 9.59 Å². The molecule has 0 saturated heterocycles. The molecular weight excluding hydrogens is 432 g/mol. The molecule has 0 saturated carbocycles. The zero-order chi connectivity index (χ0) is 26.0. The molecule has 0 rings (SSSR count). The van der Waals surface area contributed by atoms with Gasteiger partial charge in [-0.1, -0.05) is 143 Å². The Morgan fingerprint density at radius 2 is 0.886 bits per heavy atom. The van der Waals surface area contributed by atoms with Gasteiger partial charge in [0, 0.05) is 12.8 Å². The maximum atomic E-state index is 12.2. The summed E-state index contributed by atoms with van der Waals surface area (Å²) in [5.41, 5.74) is 0. The molecule has 0 fully saturated rings. The van der Waals surface area contributed by atoms with Crippen LogP contribution in [0.4, 0.5) is 0 Å². The van der Waals surface area contributed by atoms with E-state index in [2.05, 4.69) is 27.7 Å². The summed E-state index contributed by atoms with van der Waals surface area (Å²) in [6, 6.07) is 0. The predicted molar refractivity (Wildman–Crippen MR) is 152 cm³/mol. The van der Waals surface area contributed by atoms with Gasteiger partial charge < -0.3 is 9.53 Å². The third-order valence-electron chi connectivity index (χ3n) is 7.13. The second-order valence-corrected chi connectivity index (χ2v) is 11.8. The minimum atomic E-state index is -0.211. The first-order valence-electron chi connectivity index (χ1n) is 15.6. The van der Waals surface area contributed by atoms with Gasteiger partial charge in [0.05, 0.1) is 0 Å². The first-order chi connectivity index (χ1) is 17.0. The summed E-state index contributed by atoms with van der Waals surface area (Å²) in [5, 5.41) is 0. The molecular formula is C32H62O3. The summed E-state index contributed by atoms with van der Waals surface area (Å²) >= 11 is 0. The second kappa shape index (κ2) is 26.2. The largest absolute Gasteiger partial charge is 0.462 e. The van der Waals surface area contributed by atoms with Gasteiger partial charge in [0.15, 0.2) is 0 Å². The average Bonchev–Trinajstić information content (AvgIpc) is 2.80. The summed E-state index contributed by atoms with van der Waals surface area (Å²) in [4.78, 5) is 23.2. The van der Waals surface area contributed by atoms with E-state index in [4.69, 9.17) is 4.74 Å². The van der Waals surface area contributed by atoms with Crippen LogP contribution >= 0.6 is 0 Å². The summed E-state index contributed by atoms with van der Waals surface area (Å²) < 4.78 is 5.62. The maximum Gasteiger partial charge on any atom is 0.306 e. The van der Waals surface area contributed by atoms with Gasteiger partial charge in [0.2, 0.25) is 0 Å². The Balaban J connectivity index is 3.58. The fourth-order valence-electron chi connectivity index (χ4n) is 4.80. The standard InChI is InChI=1S/C32H62O3/c1-29(2)23-19-15-11-7-5-9-13-17-21-25-31(27-28-33)35-32(34)26-22-18-14-10-6-8-12-16-20-24-30(3)4/h28-31H,5-27H2,1-4H3. The lowest BCUT2D eigenvalue weighted by molar-refractivity contribution is -0.150. The summed E-state index contributed by atoms with van der Waals surface area (Å²) in [7, 11) is 0. The van der Waals surface area contributed by atoms with Crippen molar-refractivity contribution >= 4 is 12.3 Å². The smallest absolute Gasteiger partial charge is 0.306 e. The predicted octanol–water partition coefficient (Wildman–Crippen LogP) is 10.4. The number of hydrogen-bond donors (Lipinski definition) is 0. The number of unbranched alkanes of at least 4 members (excludes halogenated alkanes) is 16. The van der Waals surface area contributed by atoms with Crippen LogP contribution in [0.2, 0.25) is 0 Å². The fraction of sp³-hybridized carbons (Fsp3) is 0.938. The van der Waals surface area contributed by atoms with Crippen molar-refractivity contribution in [2.75, 3.05) is 0 Å². The van der Waals surface area contributed by atoms with E-state index in [0.29, 0.717) is 12.8 Å². The lowest BCUT2D eigenvalue weighted by Gasteiger charge is -2.15. The highest BCUT2D eigenvalue weighted by Gasteiger charge is 2.13. The fourth-order valence-corrected chi connectivity index (χ4v) is 4.80. The third-order valence-corrected chi connectivity index (χ3v) is 7.13. The summed E-state index contributed by atoms with van der Waals surface area (Å²) in [6.45, 7) is 9.22. The number of esters is 1. The van der Waals surface area contributed by atoms with Crippen LogP contribution in [0.1, 0.15) is 175 Å². The van der Waals surface area contributed by atoms with Crippen molar-refractivity contribution in [3.63, 3.8) is 0 Å². The van der Waals surface area contributed by atoms with Gasteiger partial charge in [-0.15, -0.1) is 0 Å². The number of carbonyl (C=O) groups is 2. The van der Waals surface area contributed by atoms with Crippen LogP contribution in [0.15, 0.2) is 0 Å². The van der Waals surface area contributed by atoms with E-state index in [1.807, 2.05) is 0 Å². The lowest BCUT2D eigenvalue weighted by atomic mass is 10.0. The van der Waals surface area contributed by atoms with Gasteiger partial charge in [-0.25, -0.2) is 0 Å². The molecule has 208 valence electrons. The summed E-state index contributed by atoms with van der Waals surface area (Å²) in [5.74, 6) is 1.56. The van der Waals surface area contributed by atoms with Crippen molar-refractivity contribution in [2.45, 2.75) is 181 Å². The van der Waals surface area contributed by atoms with Crippen LogP contribution in [-0.2, 0) is 14.3 Å². The zero-order valence-electron chi connectivity index (χ0n) is 24.3. The van der Waals surface area contributed by atoms with Crippen molar-refractivity contribution in [2.24, 2.45) is 11.8 Å². The molecule has 1 atom stereocenters. The van der Waals surface area contributed by atoms with Crippen molar-refractivity contribution < 1.29 is 14.3 Å². The van der Waals surface area contributed by atoms with E-state index in [-0.39, 0.29) is 12.1 Å². The zero-order valence-corrected chi connectivity index (χ0v) is 24.3. The van der Waals surface area contributed by atoms with Crippen molar-refractivity contribution in [1.29, 1.82) is 0 Å². The van der Waals surface area contributed by atoms with Crippen LogP contribution in [-0.4, -0.2) is 18.4 Å². The van der Waals surface area contributed by atoms with Gasteiger partial charge in [-0.05, 0) is 31.1 Å². The molecule has 0 bridgehead atoms. The van der Waals surface area contributed by atoms with Gasteiger partial charge in [-0.3, -0.25) is 4.79 Å². The SMILES string of the molecule is CC(C)CCCCCCCCCCCC(=O)OC(CC=O)CCCCCCCCCCCC(C)C. The highest BCUT2D eigenvalue weighted by molar-refractivity contribution is 5.69. The Morgan fingerprint density at radius 1 is 0.543 bits per heavy atom. The molecule has 0 aromatic heterocycles. The molecule has 0 N–H and O–H groups in total. The minimum Gasteiger partial charge on any atom is -0.462 e. The molecule has 0 aromatic rings. The van der Waals surface area contributed by atoms with Crippen LogP contribution < -0.4 is 0 Å². The molecule has 1 unspecified atom stereocenters. The Labute approximate surface area is 219 Å². The van der Waals surface area contributed by atoms with E-state index in [1.54, 1.807) is 0 Å². The number of aldehydes is 1. The molecule has 0 aliphatic rings. The molecule has 0 spiro atoms. The molecule has 3 nitrogen and oxygen atoms in total. The van der Waals surface area contributed by atoms with Crippen molar-refractivity contribution in [3.8, 4) is 0 Å². The Kier molecular flexibility index (Phi) is 25.6. The van der Waals surface area contributed by atoms with Crippen LogP contribution in [0.25, 0.3) is 0 Å².